The Labute approximate surface area is 95.4 Å². The smallest absolute Gasteiger partial charge is 0.0220 e. The van der Waals surface area contributed by atoms with Gasteiger partial charge in [-0.3, -0.25) is 4.90 Å². The Morgan fingerprint density at radius 1 is 1.33 bits per heavy atom. The molecule has 0 spiro atoms. The molecule has 1 aliphatic rings. The number of hydrogen-bond acceptors (Lipinski definition) is 2. The van der Waals surface area contributed by atoms with Crippen LogP contribution >= 0.6 is 0 Å². The maximum Gasteiger partial charge on any atom is 0.0220 e. The fourth-order valence-electron chi connectivity index (χ4n) is 2.50. The van der Waals surface area contributed by atoms with Gasteiger partial charge in [-0.2, -0.15) is 0 Å². The Morgan fingerprint density at radius 2 is 2.00 bits per heavy atom. The van der Waals surface area contributed by atoms with Gasteiger partial charge in [-0.25, -0.2) is 0 Å². The van der Waals surface area contributed by atoms with Crippen LogP contribution in [0.1, 0.15) is 47.5 Å². The van der Waals surface area contributed by atoms with Crippen molar-refractivity contribution in [1.29, 1.82) is 0 Å². The molecule has 0 amide bonds. The van der Waals surface area contributed by atoms with E-state index < -0.39 is 0 Å². The summed E-state index contributed by atoms with van der Waals surface area (Å²) in [5.41, 5.74) is 0. The van der Waals surface area contributed by atoms with E-state index in [1.165, 1.54) is 25.9 Å². The minimum Gasteiger partial charge on any atom is -0.312 e. The number of nitrogens with one attached hydrogen (secondary N) is 1. The highest BCUT2D eigenvalue weighted by atomic mass is 15.2. The van der Waals surface area contributed by atoms with Crippen LogP contribution in [0.15, 0.2) is 0 Å². The summed E-state index contributed by atoms with van der Waals surface area (Å²) in [5, 5.41) is 3.71. The van der Waals surface area contributed by atoms with Crippen molar-refractivity contribution >= 4 is 0 Å². The molecule has 0 aromatic heterocycles. The first kappa shape index (κ1) is 13.0. The predicted octanol–water partition coefficient (Wildman–Crippen LogP) is 2.49. The molecular formula is C13H28N2. The van der Waals surface area contributed by atoms with Crippen LogP contribution in [0.3, 0.4) is 0 Å². The lowest BCUT2D eigenvalue weighted by molar-refractivity contribution is 0.149. The molecule has 1 aliphatic heterocycles. The molecule has 1 heterocycles. The predicted molar refractivity (Wildman–Crippen MR) is 67.2 cm³/mol. The molecular weight excluding hydrogens is 184 g/mol. The normalized spacial score (nSPS) is 31.6. The Kier molecular flexibility index (Phi) is 5.07. The molecule has 1 fully saturated rings. The third-order valence-corrected chi connectivity index (χ3v) is 3.94. The van der Waals surface area contributed by atoms with Gasteiger partial charge in [0, 0.05) is 24.7 Å². The number of nitrogens with zero attached hydrogens (tertiary/aromatic N) is 1. The molecule has 90 valence electrons. The average molecular weight is 212 g/mol. The second-order valence-electron chi connectivity index (χ2n) is 5.37. The van der Waals surface area contributed by atoms with E-state index in [-0.39, 0.29) is 0 Å². The van der Waals surface area contributed by atoms with Crippen LogP contribution in [-0.2, 0) is 0 Å². The molecule has 15 heavy (non-hydrogen) atoms. The molecule has 2 nitrogen and oxygen atoms in total. The van der Waals surface area contributed by atoms with Gasteiger partial charge >= 0.3 is 0 Å². The SMILES string of the molecule is CCC(C)C1CN(C(C)C)C(C)CCN1. The highest BCUT2D eigenvalue weighted by molar-refractivity contribution is 4.85. The molecule has 0 aromatic carbocycles. The van der Waals surface area contributed by atoms with Crippen LogP contribution in [0, 0.1) is 5.92 Å². The summed E-state index contributed by atoms with van der Waals surface area (Å²) in [7, 11) is 0. The largest absolute Gasteiger partial charge is 0.312 e. The second-order valence-corrected chi connectivity index (χ2v) is 5.37. The van der Waals surface area contributed by atoms with E-state index in [0.29, 0.717) is 12.1 Å². The zero-order valence-electron chi connectivity index (χ0n) is 11.1. The number of rotatable bonds is 3. The lowest BCUT2D eigenvalue weighted by Gasteiger charge is -2.34. The summed E-state index contributed by atoms with van der Waals surface area (Å²) in [6.45, 7) is 14.0. The van der Waals surface area contributed by atoms with E-state index in [1.54, 1.807) is 0 Å². The quantitative estimate of drug-likeness (QED) is 0.773. The monoisotopic (exact) mass is 212 g/mol. The summed E-state index contributed by atoms with van der Waals surface area (Å²) in [6, 6.07) is 2.08. The summed E-state index contributed by atoms with van der Waals surface area (Å²) >= 11 is 0. The Bertz CT molecular complexity index is 179. The minimum absolute atomic E-state index is 0.673. The van der Waals surface area contributed by atoms with Crippen molar-refractivity contribution in [1.82, 2.24) is 10.2 Å². The first-order chi connectivity index (χ1) is 7.06. The van der Waals surface area contributed by atoms with Gasteiger partial charge in [0.2, 0.25) is 0 Å². The second kappa shape index (κ2) is 5.86. The van der Waals surface area contributed by atoms with Gasteiger partial charge in [0.15, 0.2) is 0 Å². The van der Waals surface area contributed by atoms with E-state index in [9.17, 15) is 0 Å². The third kappa shape index (κ3) is 3.46. The number of hydrogen-bond donors (Lipinski definition) is 1. The van der Waals surface area contributed by atoms with Crippen LogP contribution in [0.2, 0.25) is 0 Å². The molecule has 0 bridgehead atoms. The lowest BCUT2D eigenvalue weighted by Crippen LogP contribution is -2.46. The molecule has 0 aromatic rings. The maximum atomic E-state index is 3.71. The van der Waals surface area contributed by atoms with Crippen molar-refractivity contribution in [3.05, 3.63) is 0 Å². The standard InChI is InChI=1S/C13H28N2/c1-6-11(4)13-9-15(10(2)3)12(5)7-8-14-13/h10-14H,6-9H2,1-5H3. The molecule has 1 N–H and O–H groups in total. The minimum atomic E-state index is 0.673. The molecule has 2 heteroatoms. The molecule has 0 saturated carbocycles. The molecule has 1 saturated heterocycles. The lowest BCUT2D eigenvalue weighted by atomic mass is 9.98. The van der Waals surface area contributed by atoms with Crippen molar-refractivity contribution in [2.75, 3.05) is 13.1 Å². The molecule has 0 aliphatic carbocycles. The van der Waals surface area contributed by atoms with Gasteiger partial charge in [-0.15, -0.1) is 0 Å². The van der Waals surface area contributed by atoms with Crippen molar-refractivity contribution < 1.29 is 0 Å². The van der Waals surface area contributed by atoms with Gasteiger partial charge in [0.25, 0.3) is 0 Å². The van der Waals surface area contributed by atoms with E-state index in [2.05, 4.69) is 44.8 Å². The van der Waals surface area contributed by atoms with E-state index in [1.807, 2.05) is 0 Å². The van der Waals surface area contributed by atoms with E-state index in [4.69, 9.17) is 0 Å². The van der Waals surface area contributed by atoms with Crippen LogP contribution in [0.5, 0.6) is 0 Å². The molecule has 0 radical (unpaired) electrons. The Hall–Kier alpha value is -0.0800. The first-order valence-electron chi connectivity index (χ1n) is 6.55. The van der Waals surface area contributed by atoms with Crippen molar-refractivity contribution in [2.24, 2.45) is 5.92 Å². The highest BCUT2D eigenvalue weighted by Gasteiger charge is 2.26. The van der Waals surface area contributed by atoms with Crippen LogP contribution in [-0.4, -0.2) is 36.1 Å². The summed E-state index contributed by atoms with van der Waals surface area (Å²) < 4.78 is 0. The zero-order chi connectivity index (χ0) is 11.4. The van der Waals surface area contributed by atoms with Gasteiger partial charge in [-0.05, 0) is 39.7 Å². The van der Waals surface area contributed by atoms with Gasteiger partial charge < -0.3 is 5.32 Å². The van der Waals surface area contributed by atoms with Gasteiger partial charge in [-0.1, -0.05) is 20.3 Å². The summed E-state index contributed by atoms with van der Waals surface area (Å²) in [4.78, 5) is 2.65. The van der Waals surface area contributed by atoms with Crippen molar-refractivity contribution in [3.8, 4) is 0 Å². The van der Waals surface area contributed by atoms with Crippen molar-refractivity contribution in [2.45, 2.75) is 65.6 Å². The first-order valence-corrected chi connectivity index (χ1v) is 6.55. The van der Waals surface area contributed by atoms with Gasteiger partial charge in [0.05, 0.1) is 0 Å². The average Bonchev–Trinajstić information content (AvgIpc) is 2.39. The van der Waals surface area contributed by atoms with Crippen molar-refractivity contribution in [3.63, 3.8) is 0 Å². The molecule has 3 unspecified atom stereocenters. The van der Waals surface area contributed by atoms with E-state index >= 15 is 0 Å². The summed E-state index contributed by atoms with van der Waals surface area (Å²) in [6.07, 6.45) is 2.56. The highest BCUT2D eigenvalue weighted by Crippen LogP contribution is 2.17. The fourth-order valence-corrected chi connectivity index (χ4v) is 2.50. The molecule has 3 atom stereocenters. The maximum absolute atomic E-state index is 3.71. The Morgan fingerprint density at radius 3 is 2.53 bits per heavy atom. The fraction of sp³-hybridized carbons (Fsp3) is 1.00. The topological polar surface area (TPSA) is 15.3 Å². The van der Waals surface area contributed by atoms with Crippen LogP contribution in [0.25, 0.3) is 0 Å². The van der Waals surface area contributed by atoms with Crippen LogP contribution < -0.4 is 5.32 Å². The third-order valence-electron chi connectivity index (χ3n) is 3.94. The van der Waals surface area contributed by atoms with Crippen LogP contribution in [0.4, 0.5) is 0 Å². The van der Waals surface area contributed by atoms with E-state index in [0.717, 1.165) is 12.0 Å². The Balaban J connectivity index is 2.62. The zero-order valence-corrected chi connectivity index (χ0v) is 11.1. The molecule has 1 rings (SSSR count). The van der Waals surface area contributed by atoms with Gasteiger partial charge in [0.1, 0.15) is 0 Å². The summed E-state index contributed by atoms with van der Waals surface area (Å²) in [5.74, 6) is 0.788.